The molecule has 0 spiro atoms. The van der Waals surface area contributed by atoms with Gasteiger partial charge >= 0.3 is 6.18 Å². The fraction of sp³-hybridized carbons (Fsp3) is 1.00. The lowest BCUT2D eigenvalue weighted by Gasteiger charge is -2.33. The van der Waals surface area contributed by atoms with Gasteiger partial charge in [-0.05, 0) is 24.7 Å². The average Bonchev–Trinajstić information content (AvgIpc) is 2.15. The maximum Gasteiger partial charge on any atom is 0.391 e. The van der Waals surface area contributed by atoms with Gasteiger partial charge in [0.2, 0.25) is 0 Å². The first kappa shape index (κ1) is 11.9. The molecule has 0 bridgehead atoms. The van der Waals surface area contributed by atoms with E-state index < -0.39 is 12.1 Å². The lowest BCUT2D eigenvalue weighted by Crippen LogP contribution is -2.30. The van der Waals surface area contributed by atoms with E-state index in [0.717, 1.165) is 19.3 Å². The summed E-state index contributed by atoms with van der Waals surface area (Å²) in [4.78, 5) is 0. The standard InChI is InChI=1S/C11H19F3/c1-3-8(2)9-5-4-6-10(7-9)11(12,13)14/h8-10H,3-7H2,1-2H3/t8?,9?,10-/m0/s1. The van der Waals surface area contributed by atoms with Crippen LogP contribution in [0.4, 0.5) is 13.2 Å². The van der Waals surface area contributed by atoms with Gasteiger partial charge in [0.05, 0.1) is 5.92 Å². The first-order chi connectivity index (χ1) is 6.45. The molecular weight excluding hydrogens is 189 g/mol. The van der Waals surface area contributed by atoms with E-state index in [1.165, 1.54) is 0 Å². The zero-order valence-electron chi connectivity index (χ0n) is 8.90. The quantitative estimate of drug-likeness (QED) is 0.631. The molecule has 0 nitrogen and oxygen atoms in total. The molecule has 3 heteroatoms. The molecule has 0 aromatic rings. The molecule has 14 heavy (non-hydrogen) atoms. The van der Waals surface area contributed by atoms with Crippen molar-refractivity contribution >= 4 is 0 Å². The Morgan fingerprint density at radius 1 is 1.29 bits per heavy atom. The average molecular weight is 208 g/mol. The summed E-state index contributed by atoms with van der Waals surface area (Å²) in [6, 6.07) is 0. The molecule has 1 saturated carbocycles. The maximum atomic E-state index is 12.5. The van der Waals surface area contributed by atoms with Crippen molar-refractivity contribution in [1.29, 1.82) is 0 Å². The van der Waals surface area contributed by atoms with E-state index in [-0.39, 0.29) is 0 Å². The molecule has 3 atom stereocenters. The molecule has 1 aliphatic rings. The van der Waals surface area contributed by atoms with Crippen LogP contribution in [0.1, 0.15) is 46.0 Å². The number of halogens is 3. The van der Waals surface area contributed by atoms with Crippen LogP contribution in [-0.2, 0) is 0 Å². The van der Waals surface area contributed by atoms with Gasteiger partial charge in [-0.1, -0.05) is 33.1 Å². The van der Waals surface area contributed by atoms with Crippen LogP contribution in [0.5, 0.6) is 0 Å². The number of hydrogen-bond acceptors (Lipinski definition) is 0. The third-order valence-electron chi connectivity index (χ3n) is 3.63. The lowest BCUT2D eigenvalue weighted by atomic mass is 9.74. The van der Waals surface area contributed by atoms with Gasteiger partial charge in [-0.25, -0.2) is 0 Å². The van der Waals surface area contributed by atoms with Crippen LogP contribution in [0.15, 0.2) is 0 Å². The van der Waals surface area contributed by atoms with Crippen LogP contribution in [0.3, 0.4) is 0 Å². The molecule has 1 rings (SSSR count). The van der Waals surface area contributed by atoms with Crippen molar-refractivity contribution in [2.24, 2.45) is 17.8 Å². The largest absolute Gasteiger partial charge is 0.391 e. The molecular formula is C11H19F3. The van der Waals surface area contributed by atoms with Crippen LogP contribution >= 0.6 is 0 Å². The van der Waals surface area contributed by atoms with E-state index in [2.05, 4.69) is 13.8 Å². The summed E-state index contributed by atoms with van der Waals surface area (Å²) in [6.07, 6.45) is -0.531. The fourth-order valence-electron chi connectivity index (χ4n) is 2.38. The monoisotopic (exact) mass is 208 g/mol. The van der Waals surface area contributed by atoms with Crippen LogP contribution in [0, 0.1) is 17.8 Å². The van der Waals surface area contributed by atoms with E-state index in [1.807, 2.05) is 0 Å². The van der Waals surface area contributed by atoms with E-state index in [0.29, 0.717) is 24.7 Å². The van der Waals surface area contributed by atoms with Crippen molar-refractivity contribution < 1.29 is 13.2 Å². The molecule has 0 amide bonds. The van der Waals surface area contributed by atoms with Crippen molar-refractivity contribution in [2.75, 3.05) is 0 Å². The molecule has 0 N–H and O–H groups in total. The predicted molar refractivity (Wildman–Crippen MR) is 51.0 cm³/mol. The SMILES string of the molecule is CCC(C)C1CCC[C@H](C(F)(F)F)C1. The second-order valence-corrected chi connectivity index (χ2v) is 4.55. The zero-order chi connectivity index (χ0) is 10.8. The normalized spacial score (nSPS) is 31.5. The van der Waals surface area contributed by atoms with Crippen molar-refractivity contribution in [2.45, 2.75) is 52.1 Å². The second kappa shape index (κ2) is 4.54. The van der Waals surface area contributed by atoms with Gasteiger partial charge in [0.15, 0.2) is 0 Å². The predicted octanol–water partition coefficient (Wildman–Crippen LogP) is 4.40. The summed E-state index contributed by atoms with van der Waals surface area (Å²) in [5, 5.41) is 0. The van der Waals surface area contributed by atoms with Gasteiger partial charge in [0.25, 0.3) is 0 Å². The molecule has 2 unspecified atom stereocenters. The zero-order valence-corrected chi connectivity index (χ0v) is 8.90. The van der Waals surface area contributed by atoms with Crippen LogP contribution in [0.25, 0.3) is 0 Å². The number of hydrogen-bond donors (Lipinski definition) is 0. The highest BCUT2D eigenvalue weighted by Crippen LogP contribution is 2.42. The van der Waals surface area contributed by atoms with Gasteiger partial charge in [0.1, 0.15) is 0 Å². The highest BCUT2D eigenvalue weighted by Gasteiger charge is 2.42. The fourth-order valence-corrected chi connectivity index (χ4v) is 2.38. The third kappa shape index (κ3) is 2.89. The molecule has 1 aliphatic carbocycles. The highest BCUT2D eigenvalue weighted by molar-refractivity contribution is 4.79. The van der Waals surface area contributed by atoms with Crippen molar-refractivity contribution in [3.63, 3.8) is 0 Å². The summed E-state index contributed by atoms with van der Waals surface area (Å²) >= 11 is 0. The molecule has 0 saturated heterocycles. The van der Waals surface area contributed by atoms with E-state index in [4.69, 9.17) is 0 Å². The Bertz CT molecular complexity index is 174. The van der Waals surface area contributed by atoms with Gasteiger partial charge in [-0.15, -0.1) is 0 Å². The number of rotatable bonds is 2. The Labute approximate surface area is 83.9 Å². The molecule has 0 aromatic heterocycles. The Kier molecular flexibility index (Phi) is 3.85. The number of alkyl halides is 3. The van der Waals surface area contributed by atoms with Gasteiger partial charge < -0.3 is 0 Å². The molecule has 0 aromatic carbocycles. The minimum absolute atomic E-state index is 0.292. The first-order valence-electron chi connectivity index (χ1n) is 5.51. The summed E-state index contributed by atoms with van der Waals surface area (Å²) in [7, 11) is 0. The van der Waals surface area contributed by atoms with Gasteiger partial charge in [-0.3, -0.25) is 0 Å². The van der Waals surface area contributed by atoms with E-state index >= 15 is 0 Å². The van der Waals surface area contributed by atoms with Gasteiger partial charge in [0, 0.05) is 0 Å². The Morgan fingerprint density at radius 3 is 2.43 bits per heavy atom. The van der Waals surface area contributed by atoms with Crippen LogP contribution in [-0.4, -0.2) is 6.18 Å². The minimum Gasteiger partial charge on any atom is -0.171 e. The molecule has 0 aliphatic heterocycles. The third-order valence-corrected chi connectivity index (χ3v) is 3.63. The van der Waals surface area contributed by atoms with Crippen LogP contribution < -0.4 is 0 Å². The topological polar surface area (TPSA) is 0 Å². The van der Waals surface area contributed by atoms with Crippen molar-refractivity contribution in [1.82, 2.24) is 0 Å². The molecule has 0 heterocycles. The molecule has 84 valence electrons. The van der Waals surface area contributed by atoms with Crippen molar-refractivity contribution in [3.05, 3.63) is 0 Å². The summed E-state index contributed by atoms with van der Waals surface area (Å²) in [5.41, 5.74) is 0. The van der Waals surface area contributed by atoms with Gasteiger partial charge in [-0.2, -0.15) is 13.2 Å². The minimum atomic E-state index is -3.97. The summed E-state index contributed by atoms with van der Waals surface area (Å²) in [5.74, 6) is -0.296. The Morgan fingerprint density at radius 2 is 1.93 bits per heavy atom. The molecule has 1 fully saturated rings. The first-order valence-corrected chi connectivity index (χ1v) is 5.51. The maximum absolute atomic E-state index is 12.5. The Hall–Kier alpha value is -0.210. The van der Waals surface area contributed by atoms with Crippen molar-refractivity contribution in [3.8, 4) is 0 Å². The van der Waals surface area contributed by atoms with Crippen LogP contribution in [0.2, 0.25) is 0 Å². The van der Waals surface area contributed by atoms with E-state index in [9.17, 15) is 13.2 Å². The van der Waals surface area contributed by atoms with E-state index in [1.54, 1.807) is 0 Å². The lowest BCUT2D eigenvalue weighted by molar-refractivity contribution is -0.187. The second-order valence-electron chi connectivity index (χ2n) is 4.55. The summed E-state index contributed by atoms with van der Waals surface area (Å²) < 4.78 is 37.4. The highest BCUT2D eigenvalue weighted by atomic mass is 19.4. The smallest absolute Gasteiger partial charge is 0.171 e. The summed E-state index contributed by atoms with van der Waals surface area (Å²) in [6.45, 7) is 4.13. The Balaban J connectivity index is 2.52. The molecule has 0 radical (unpaired) electrons.